The predicted molar refractivity (Wildman–Crippen MR) is 123 cm³/mol. The summed E-state index contributed by atoms with van der Waals surface area (Å²) in [6.07, 6.45) is -1.18. The van der Waals surface area contributed by atoms with Crippen LogP contribution >= 0.6 is 11.6 Å². The minimum absolute atomic E-state index is 0.217. The highest BCUT2D eigenvalue weighted by atomic mass is 35.5. The second-order valence-electron chi connectivity index (χ2n) is 8.48. The van der Waals surface area contributed by atoms with Crippen molar-refractivity contribution in [1.29, 1.82) is 0 Å². The molecule has 3 unspecified atom stereocenters. The third-order valence-corrected chi connectivity index (χ3v) is 6.54. The van der Waals surface area contributed by atoms with Crippen LogP contribution in [0.5, 0.6) is 5.88 Å². The largest absolute Gasteiger partial charge is 0.481 e. The lowest BCUT2D eigenvalue weighted by Gasteiger charge is -2.25. The molecule has 180 valence electrons. The summed E-state index contributed by atoms with van der Waals surface area (Å²) in [5.41, 5.74) is 1.66. The van der Waals surface area contributed by atoms with Crippen LogP contribution in [-0.2, 0) is 6.42 Å². The van der Waals surface area contributed by atoms with E-state index in [0.717, 1.165) is 6.08 Å². The molecule has 4 rings (SSSR count). The summed E-state index contributed by atoms with van der Waals surface area (Å²) in [4.78, 5) is 8.75. The maximum Gasteiger partial charge on any atom is 0.416 e. The normalized spacial score (nSPS) is 19.4. The van der Waals surface area contributed by atoms with E-state index in [1.807, 2.05) is 0 Å². The molecular formula is C25H24ClF3N2O3. The van der Waals surface area contributed by atoms with Crippen LogP contribution in [0.1, 0.15) is 41.5 Å². The fraction of sp³-hybridized carbons (Fsp3) is 0.360. The predicted octanol–water partition coefficient (Wildman–Crippen LogP) is 6.44. The fourth-order valence-corrected chi connectivity index (χ4v) is 4.58. The van der Waals surface area contributed by atoms with Crippen LogP contribution in [0, 0.1) is 25.7 Å². The number of halogens is 4. The molecule has 34 heavy (non-hydrogen) atoms. The SMILES string of the molecule is COc1nc2ccc(C(O)c3oc(C)nc3C)cc2c(Cl)c1CC1C=CC(C(F)(F)F)=CC1C. The Kier molecular flexibility index (Phi) is 6.48. The van der Waals surface area contributed by atoms with E-state index in [-0.39, 0.29) is 11.8 Å². The van der Waals surface area contributed by atoms with Crippen molar-refractivity contribution in [2.24, 2.45) is 11.8 Å². The number of pyridine rings is 1. The Labute approximate surface area is 199 Å². The van der Waals surface area contributed by atoms with Gasteiger partial charge >= 0.3 is 6.18 Å². The van der Waals surface area contributed by atoms with Gasteiger partial charge in [0.1, 0.15) is 6.10 Å². The molecule has 2 aromatic heterocycles. The number of aliphatic hydroxyl groups is 1. The summed E-state index contributed by atoms with van der Waals surface area (Å²) < 4.78 is 50.2. The molecule has 0 saturated carbocycles. The summed E-state index contributed by atoms with van der Waals surface area (Å²) in [7, 11) is 1.48. The summed E-state index contributed by atoms with van der Waals surface area (Å²) in [6, 6.07) is 5.19. The molecule has 0 aliphatic heterocycles. The number of aliphatic hydroxyl groups excluding tert-OH is 1. The Morgan fingerprint density at radius 1 is 1.24 bits per heavy atom. The number of ether oxygens (including phenoxy) is 1. The lowest BCUT2D eigenvalue weighted by Crippen LogP contribution is -2.20. The van der Waals surface area contributed by atoms with Crippen LogP contribution < -0.4 is 4.74 Å². The van der Waals surface area contributed by atoms with Crippen molar-refractivity contribution in [2.45, 2.75) is 39.5 Å². The van der Waals surface area contributed by atoms with Crippen LogP contribution in [-0.4, -0.2) is 28.4 Å². The van der Waals surface area contributed by atoms with Crippen molar-refractivity contribution in [3.63, 3.8) is 0 Å². The lowest BCUT2D eigenvalue weighted by atomic mass is 9.82. The maximum atomic E-state index is 13.1. The minimum atomic E-state index is -4.38. The first kappa shape index (κ1) is 24.3. The number of fused-ring (bicyclic) bond motifs is 1. The highest BCUT2D eigenvalue weighted by molar-refractivity contribution is 6.36. The van der Waals surface area contributed by atoms with Crippen LogP contribution in [0.15, 0.2) is 46.4 Å². The van der Waals surface area contributed by atoms with Crippen molar-refractivity contribution < 1.29 is 27.4 Å². The molecular weight excluding hydrogens is 469 g/mol. The first-order valence-electron chi connectivity index (χ1n) is 10.7. The number of aryl methyl sites for hydroxylation is 2. The van der Waals surface area contributed by atoms with Gasteiger partial charge in [-0.25, -0.2) is 9.97 Å². The second kappa shape index (κ2) is 9.07. The van der Waals surface area contributed by atoms with Gasteiger partial charge in [-0.15, -0.1) is 0 Å². The number of allylic oxidation sites excluding steroid dienone is 4. The molecule has 0 saturated heterocycles. The number of nitrogens with zero attached hydrogens (tertiary/aromatic N) is 2. The molecule has 1 aromatic carbocycles. The topological polar surface area (TPSA) is 68.4 Å². The average Bonchev–Trinajstić information content (AvgIpc) is 3.12. The molecule has 0 fully saturated rings. The van der Waals surface area contributed by atoms with Gasteiger partial charge in [-0.1, -0.05) is 42.8 Å². The third kappa shape index (κ3) is 4.57. The van der Waals surface area contributed by atoms with Gasteiger partial charge in [0.25, 0.3) is 0 Å². The van der Waals surface area contributed by atoms with Crippen LogP contribution in [0.4, 0.5) is 13.2 Å². The molecule has 0 amide bonds. The zero-order valence-corrected chi connectivity index (χ0v) is 19.8. The molecule has 0 bridgehead atoms. The van der Waals surface area contributed by atoms with Crippen LogP contribution in [0.2, 0.25) is 5.02 Å². The van der Waals surface area contributed by atoms with Crippen molar-refractivity contribution in [1.82, 2.24) is 9.97 Å². The van der Waals surface area contributed by atoms with E-state index in [1.165, 1.54) is 13.2 Å². The quantitative estimate of drug-likeness (QED) is 0.444. The Balaban J connectivity index is 1.71. The zero-order chi connectivity index (χ0) is 24.8. The van der Waals surface area contributed by atoms with E-state index in [0.29, 0.717) is 56.7 Å². The number of oxazole rings is 1. The lowest BCUT2D eigenvalue weighted by molar-refractivity contribution is -0.0890. The zero-order valence-electron chi connectivity index (χ0n) is 19.1. The van der Waals surface area contributed by atoms with Crippen molar-refractivity contribution in [3.05, 3.63) is 75.5 Å². The van der Waals surface area contributed by atoms with E-state index in [9.17, 15) is 18.3 Å². The second-order valence-corrected chi connectivity index (χ2v) is 8.86. The van der Waals surface area contributed by atoms with Crippen LogP contribution in [0.25, 0.3) is 10.9 Å². The molecule has 5 nitrogen and oxygen atoms in total. The number of rotatable bonds is 5. The number of aromatic nitrogens is 2. The summed E-state index contributed by atoms with van der Waals surface area (Å²) >= 11 is 6.79. The van der Waals surface area contributed by atoms with E-state index >= 15 is 0 Å². The summed E-state index contributed by atoms with van der Waals surface area (Å²) in [5, 5.41) is 11.8. The third-order valence-electron chi connectivity index (χ3n) is 6.11. The van der Waals surface area contributed by atoms with Gasteiger partial charge in [0.15, 0.2) is 11.7 Å². The first-order valence-corrected chi connectivity index (χ1v) is 11.1. The van der Waals surface area contributed by atoms with E-state index in [2.05, 4.69) is 9.97 Å². The molecule has 0 radical (unpaired) electrons. The summed E-state index contributed by atoms with van der Waals surface area (Å²) in [6.45, 7) is 5.20. The standard InChI is InChI=1S/C25H24ClF3N2O3/c1-12-9-17(25(27,28)29)7-5-15(12)10-19-21(26)18-11-16(6-8-20(18)31-24(19)33-4)22(32)23-13(2)30-14(3)34-23/h5-9,11-12,15,22,32H,10H2,1-4H3. The van der Waals surface area contributed by atoms with E-state index in [1.54, 1.807) is 45.0 Å². The molecule has 0 spiro atoms. The molecule has 3 aromatic rings. The van der Waals surface area contributed by atoms with Crippen molar-refractivity contribution in [2.75, 3.05) is 7.11 Å². The Morgan fingerprint density at radius 3 is 2.56 bits per heavy atom. The molecule has 9 heteroatoms. The highest BCUT2D eigenvalue weighted by Crippen LogP contribution is 2.40. The smallest absolute Gasteiger partial charge is 0.416 e. The van der Waals surface area contributed by atoms with Crippen molar-refractivity contribution >= 4 is 22.5 Å². The minimum Gasteiger partial charge on any atom is -0.481 e. The van der Waals surface area contributed by atoms with Gasteiger partial charge in [-0.3, -0.25) is 0 Å². The number of hydrogen-bond acceptors (Lipinski definition) is 5. The molecule has 1 N–H and O–H groups in total. The van der Waals surface area contributed by atoms with Gasteiger partial charge < -0.3 is 14.3 Å². The highest BCUT2D eigenvalue weighted by Gasteiger charge is 2.35. The molecule has 2 heterocycles. The maximum absolute atomic E-state index is 13.1. The number of hydrogen-bond donors (Lipinski definition) is 1. The number of benzene rings is 1. The van der Waals surface area contributed by atoms with E-state index in [4.69, 9.17) is 20.8 Å². The molecule has 1 aliphatic carbocycles. The fourth-order valence-electron chi connectivity index (χ4n) is 4.27. The number of alkyl halides is 3. The Bertz CT molecular complexity index is 1300. The van der Waals surface area contributed by atoms with E-state index < -0.39 is 17.9 Å². The van der Waals surface area contributed by atoms with Gasteiger partial charge in [0.2, 0.25) is 5.88 Å². The molecule has 3 atom stereocenters. The monoisotopic (exact) mass is 492 g/mol. The first-order chi connectivity index (χ1) is 16.0. The molecule has 1 aliphatic rings. The van der Waals surface area contributed by atoms with Gasteiger partial charge in [0.05, 0.1) is 28.9 Å². The van der Waals surface area contributed by atoms with Gasteiger partial charge in [0, 0.05) is 17.9 Å². The van der Waals surface area contributed by atoms with Crippen LogP contribution in [0.3, 0.4) is 0 Å². The van der Waals surface area contributed by atoms with Gasteiger partial charge in [-0.05, 0) is 42.9 Å². The number of methoxy groups -OCH3 is 1. The average molecular weight is 493 g/mol. The Morgan fingerprint density at radius 2 is 1.97 bits per heavy atom. The van der Waals surface area contributed by atoms with Crippen molar-refractivity contribution in [3.8, 4) is 5.88 Å². The summed E-state index contributed by atoms with van der Waals surface area (Å²) in [5.74, 6) is 0.549. The van der Waals surface area contributed by atoms with Gasteiger partial charge in [-0.2, -0.15) is 13.2 Å². The Hall–Kier alpha value is -2.84.